The first-order valence-corrected chi connectivity index (χ1v) is 6.37. The van der Waals surface area contributed by atoms with Gasteiger partial charge in [0.25, 0.3) is 0 Å². The van der Waals surface area contributed by atoms with Crippen LogP contribution in [0.3, 0.4) is 0 Å². The Kier molecular flexibility index (Phi) is 4.52. The van der Waals surface area contributed by atoms with Crippen LogP contribution in [0.1, 0.15) is 18.4 Å². The summed E-state index contributed by atoms with van der Waals surface area (Å²) in [6, 6.07) is 5.87. The average Bonchev–Trinajstić information content (AvgIpc) is 2.89. The molecular formula is C14H18N2O3. The molecule has 1 aromatic carbocycles. The summed E-state index contributed by atoms with van der Waals surface area (Å²) in [7, 11) is 1.78. The third kappa shape index (κ3) is 3.54. The highest BCUT2D eigenvalue weighted by Gasteiger charge is 2.08. The lowest BCUT2D eigenvalue weighted by Crippen LogP contribution is -2.28. The van der Waals surface area contributed by atoms with Gasteiger partial charge in [-0.3, -0.25) is 4.79 Å². The Labute approximate surface area is 111 Å². The van der Waals surface area contributed by atoms with E-state index in [4.69, 9.17) is 9.52 Å². The molecule has 0 radical (unpaired) electrons. The molecule has 1 amide bonds. The Bertz CT molecular complexity index is 550. The van der Waals surface area contributed by atoms with E-state index in [9.17, 15) is 4.79 Å². The molecule has 0 aliphatic heterocycles. The normalized spacial score (nSPS) is 10.8. The smallest absolute Gasteiger partial charge is 0.222 e. The summed E-state index contributed by atoms with van der Waals surface area (Å²) in [5.74, 6) is 0.0646. The minimum absolute atomic E-state index is 0.0573. The van der Waals surface area contributed by atoms with Gasteiger partial charge in [0.15, 0.2) is 12.0 Å². The lowest BCUT2D eigenvalue weighted by atomic mass is 10.1. The van der Waals surface area contributed by atoms with Crippen molar-refractivity contribution < 1.29 is 14.3 Å². The predicted molar refractivity (Wildman–Crippen MR) is 71.7 cm³/mol. The Morgan fingerprint density at radius 1 is 1.47 bits per heavy atom. The molecule has 0 atom stereocenters. The van der Waals surface area contributed by atoms with Crippen molar-refractivity contribution in [1.82, 2.24) is 9.88 Å². The quantitative estimate of drug-likeness (QED) is 0.858. The number of aromatic nitrogens is 1. The van der Waals surface area contributed by atoms with Crippen molar-refractivity contribution in [2.24, 2.45) is 0 Å². The van der Waals surface area contributed by atoms with E-state index in [1.807, 2.05) is 18.2 Å². The van der Waals surface area contributed by atoms with Crippen LogP contribution in [0, 0.1) is 0 Å². The SMILES string of the molecule is CN(CCc1ccc2ncoc2c1)C(=O)CCCO. The highest BCUT2D eigenvalue weighted by molar-refractivity contribution is 5.76. The predicted octanol–water partition coefficient (Wildman–Crippen LogP) is 1.60. The van der Waals surface area contributed by atoms with E-state index in [1.54, 1.807) is 11.9 Å². The lowest BCUT2D eigenvalue weighted by molar-refractivity contribution is -0.130. The van der Waals surface area contributed by atoms with Crippen LogP contribution < -0.4 is 0 Å². The van der Waals surface area contributed by atoms with E-state index in [0.29, 0.717) is 19.4 Å². The van der Waals surface area contributed by atoms with Crippen molar-refractivity contribution in [3.8, 4) is 0 Å². The van der Waals surface area contributed by atoms with Crippen LogP contribution in [0.5, 0.6) is 0 Å². The van der Waals surface area contributed by atoms with E-state index in [-0.39, 0.29) is 12.5 Å². The van der Waals surface area contributed by atoms with Crippen molar-refractivity contribution >= 4 is 17.0 Å². The molecule has 1 aromatic heterocycles. The zero-order chi connectivity index (χ0) is 13.7. The van der Waals surface area contributed by atoms with Gasteiger partial charge >= 0.3 is 0 Å². The maximum Gasteiger partial charge on any atom is 0.222 e. The average molecular weight is 262 g/mol. The zero-order valence-electron chi connectivity index (χ0n) is 11.0. The number of benzene rings is 1. The highest BCUT2D eigenvalue weighted by atomic mass is 16.3. The van der Waals surface area contributed by atoms with E-state index in [0.717, 1.165) is 23.1 Å². The van der Waals surface area contributed by atoms with Crippen molar-refractivity contribution in [3.05, 3.63) is 30.2 Å². The number of oxazole rings is 1. The van der Waals surface area contributed by atoms with E-state index in [2.05, 4.69) is 4.98 Å². The first kappa shape index (κ1) is 13.5. The molecule has 102 valence electrons. The number of carbonyl (C=O) groups is 1. The summed E-state index contributed by atoms with van der Waals surface area (Å²) in [5, 5.41) is 8.70. The van der Waals surface area contributed by atoms with Crippen LogP contribution in [0.25, 0.3) is 11.1 Å². The Morgan fingerprint density at radius 3 is 3.11 bits per heavy atom. The molecular weight excluding hydrogens is 244 g/mol. The fraction of sp³-hybridized carbons (Fsp3) is 0.429. The van der Waals surface area contributed by atoms with Crippen LogP contribution in [0.4, 0.5) is 0 Å². The van der Waals surface area contributed by atoms with Gasteiger partial charge in [-0.1, -0.05) is 6.07 Å². The third-order valence-electron chi connectivity index (χ3n) is 3.11. The van der Waals surface area contributed by atoms with Gasteiger partial charge in [-0.15, -0.1) is 0 Å². The molecule has 0 unspecified atom stereocenters. The van der Waals surface area contributed by atoms with Crippen molar-refractivity contribution in [1.29, 1.82) is 0 Å². The second-order valence-electron chi connectivity index (χ2n) is 4.55. The minimum Gasteiger partial charge on any atom is -0.443 e. The van der Waals surface area contributed by atoms with Crippen molar-refractivity contribution in [3.63, 3.8) is 0 Å². The Hall–Kier alpha value is -1.88. The zero-order valence-corrected chi connectivity index (χ0v) is 11.0. The van der Waals surface area contributed by atoms with E-state index >= 15 is 0 Å². The molecule has 0 aliphatic carbocycles. The van der Waals surface area contributed by atoms with E-state index in [1.165, 1.54) is 6.39 Å². The monoisotopic (exact) mass is 262 g/mol. The molecule has 1 N–H and O–H groups in total. The minimum atomic E-state index is 0.0573. The van der Waals surface area contributed by atoms with Gasteiger partial charge in [-0.25, -0.2) is 4.98 Å². The standard InChI is InChI=1S/C14H18N2O3/c1-16(14(18)3-2-8-17)7-6-11-4-5-12-13(9-11)19-10-15-12/h4-5,9-10,17H,2-3,6-8H2,1H3. The molecule has 0 saturated carbocycles. The van der Waals surface area contributed by atoms with Crippen LogP contribution in [-0.4, -0.2) is 41.1 Å². The van der Waals surface area contributed by atoms with Gasteiger partial charge in [0, 0.05) is 26.6 Å². The number of aliphatic hydroxyl groups excluding tert-OH is 1. The number of rotatable bonds is 6. The second kappa shape index (κ2) is 6.33. The first-order valence-electron chi connectivity index (χ1n) is 6.37. The van der Waals surface area contributed by atoms with Crippen LogP contribution in [-0.2, 0) is 11.2 Å². The third-order valence-corrected chi connectivity index (χ3v) is 3.11. The first-order chi connectivity index (χ1) is 9.20. The number of amides is 1. The van der Waals surface area contributed by atoms with Crippen molar-refractivity contribution in [2.45, 2.75) is 19.3 Å². The number of aliphatic hydroxyl groups is 1. The molecule has 0 saturated heterocycles. The lowest BCUT2D eigenvalue weighted by Gasteiger charge is -2.16. The summed E-state index contributed by atoms with van der Waals surface area (Å²) in [4.78, 5) is 17.4. The second-order valence-corrected chi connectivity index (χ2v) is 4.55. The van der Waals surface area contributed by atoms with Crippen LogP contribution >= 0.6 is 0 Å². The molecule has 0 fully saturated rings. The van der Waals surface area contributed by atoms with Gasteiger partial charge < -0.3 is 14.4 Å². The number of fused-ring (bicyclic) bond motifs is 1. The summed E-state index contributed by atoms with van der Waals surface area (Å²) in [6.45, 7) is 0.714. The Balaban J connectivity index is 1.88. The highest BCUT2D eigenvalue weighted by Crippen LogP contribution is 2.14. The fourth-order valence-electron chi connectivity index (χ4n) is 1.90. The largest absolute Gasteiger partial charge is 0.443 e. The number of hydrogen-bond donors (Lipinski definition) is 1. The van der Waals surface area contributed by atoms with E-state index < -0.39 is 0 Å². The summed E-state index contributed by atoms with van der Waals surface area (Å²) in [5.41, 5.74) is 2.73. The van der Waals surface area contributed by atoms with Gasteiger partial charge in [0.1, 0.15) is 5.52 Å². The molecule has 2 aromatic rings. The molecule has 0 aliphatic rings. The van der Waals surface area contributed by atoms with Crippen LogP contribution in [0.2, 0.25) is 0 Å². The molecule has 5 nitrogen and oxygen atoms in total. The van der Waals surface area contributed by atoms with Gasteiger partial charge in [0.2, 0.25) is 5.91 Å². The number of hydrogen-bond acceptors (Lipinski definition) is 4. The number of likely N-dealkylation sites (N-methyl/N-ethyl adjacent to an activating group) is 1. The fourth-order valence-corrected chi connectivity index (χ4v) is 1.90. The van der Waals surface area contributed by atoms with Gasteiger partial charge in [0.05, 0.1) is 0 Å². The van der Waals surface area contributed by atoms with Crippen LogP contribution in [0.15, 0.2) is 29.0 Å². The summed E-state index contributed by atoms with van der Waals surface area (Å²) >= 11 is 0. The van der Waals surface area contributed by atoms with Gasteiger partial charge in [-0.05, 0) is 30.5 Å². The maximum absolute atomic E-state index is 11.7. The Morgan fingerprint density at radius 2 is 2.32 bits per heavy atom. The summed E-state index contributed by atoms with van der Waals surface area (Å²) in [6.07, 6.45) is 3.12. The molecule has 0 bridgehead atoms. The molecule has 19 heavy (non-hydrogen) atoms. The number of nitrogens with zero attached hydrogens (tertiary/aromatic N) is 2. The molecule has 0 spiro atoms. The maximum atomic E-state index is 11.7. The van der Waals surface area contributed by atoms with Gasteiger partial charge in [-0.2, -0.15) is 0 Å². The molecule has 2 rings (SSSR count). The topological polar surface area (TPSA) is 66.6 Å². The molecule has 1 heterocycles. The molecule has 5 heteroatoms. The van der Waals surface area contributed by atoms with Crippen molar-refractivity contribution in [2.75, 3.05) is 20.2 Å². The number of carbonyl (C=O) groups excluding carboxylic acids is 1. The summed E-state index contributed by atoms with van der Waals surface area (Å²) < 4.78 is 5.25.